The highest BCUT2D eigenvalue weighted by molar-refractivity contribution is 4.82. The molecule has 1 saturated carbocycles. The Bertz CT molecular complexity index is 151. The van der Waals surface area contributed by atoms with Gasteiger partial charge in [-0.05, 0) is 19.9 Å². The third-order valence-electron chi connectivity index (χ3n) is 2.90. The maximum absolute atomic E-state index is 6.05. The zero-order valence-corrected chi connectivity index (χ0v) is 9.42. The van der Waals surface area contributed by atoms with Crippen molar-refractivity contribution in [1.82, 2.24) is 15.8 Å². The van der Waals surface area contributed by atoms with E-state index in [2.05, 4.69) is 22.8 Å². The van der Waals surface area contributed by atoms with E-state index in [4.69, 9.17) is 5.73 Å². The van der Waals surface area contributed by atoms with Crippen LogP contribution in [0.3, 0.4) is 0 Å². The van der Waals surface area contributed by atoms with Crippen LogP contribution in [0.15, 0.2) is 0 Å². The van der Waals surface area contributed by atoms with E-state index < -0.39 is 0 Å². The van der Waals surface area contributed by atoms with Gasteiger partial charge in [0.2, 0.25) is 0 Å². The Balaban J connectivity index is 2.20. The first-order valence-electron chi connectivity index (χ1n) is 5.61. The summed E-state index contributed by atoms with van der Waals surface area (Å²) in [5.41, 5.74) is 9.52. The molecule has 0 saturated heterocycles. The highest BCUT2D eigenvalue weighted by Crippen LogP contribution is 2.16. The highest BCUT2D eigenvalue weighted by Gasteiger charge is 2.22. The predicted octanol–water partition coefficient (Wildman–Crippen LogP) is -0.0879. The lowest BCUT2D eigenvalue weighted by Crippen LogP contribution is -2.53. The molecule has 14 heavy (non-hydrogen) atoms. The fourth-order valence-electron chi connectivity index (χ4n) is 1.95. The van der Waals surface area contributed by atoms with Crippen molar-refractivity contribution in [3.05, 3.63) is 0 Å². The summed E-state index contributed by atoms with van der Waals surface area (Å²) in [5.74, 6) is 0. The second kappa shape index (κ2) is 6.35. The van der Waals surface area contributed by atoms with E-state index in [1.807, 2.05) is 7.05 Å². The minimum absolute atomic E-state index is 0.334. The van der Waals surface area contributed by atoms with Crippen LogP contribution in [0.4, 0.5) is 0 Å². The van der Waals surface area contributed by atoms with Crippen molar-refractivity contribution in [2.24, 2.45) is 5.73 Å². The fraction of sp³-hybridized carbons (Fsp3) is 1.00. The number of nitrogens with one attached hydrogen (secondary N) is 2. The van der Waals surface area contributed by atoms with Gasteiger partial charge in [0, 0.05) is 32.2 Å². The van der Waals surface area contributed by atoms with E-state index in [9.17, 15) is 0 Å². The van der Waals surface area contributed by atoms with Crippen LogP contribution >= 0.6 is 0 Å². The molecule has 0 bridgehead atoms. The summed E-state index contributed by atoms with van der Waals surface area (Å²) in [6, 6.07) is 0.811. The summed E-state index contributed by atoms with van der Waals surface area (Å²) >= 11 is 0. The van der Waals surface area contributed by atoms with Crippen LogP contribution in [0.5, 0.6) is 0 Å². The van der Waals surface area contributed by atoms with Crippen molar-refractivity contribution in [3.63, 3.8) is 0 Å². The molecule has 0 aromatic carbocycles. The summed E-state index contributed by atoms with van der Waals surface area (Å²) in [5, 5.41) is 5.28. The molecule has 0 aromatic heterocycles. The molecule has 2 atom stereocenters. The highest BCUT2D eigenvalue weighted by atomic mass is 15.5. The van der Waals surface area contributed by atoms with Gasteiger partial charge in [0.15, 0.2) is 0 Å². The molecule has 0 amide bonds. The second-order valence-corrected chi connectivity index (χ2v) is 4.21. The smallest absolute Gasteiger partial charge is 0.0366 e. The molecule has 0 spiro atoms. The van der Waals surface area contributed by atoms with Crippen LogP contribution in [0, 0.1) is 0 Å². The minimum atomic E-state index is 0.334. The number of likely N-dealkylation sites (N-methyl/N-ethyl adjacent to an activating group) is 2. The summed E-state index contributed by atoms with van der Waals surface area (Å²) in [4.78, 5) is 0. The number of hydrogen-bond donors (Lipinski definition) is 3. The van der Waals surface area contributed by atoms with Crippen LogP contribution in [0.1, 0.15) is 25.7 Å². The van der Waals surface area contributed by atoms with Gasteiger partial charge in [0.1, 0.15) is 0 Å². The standard InChI is InChI=1S/C10H24N4/c1-12-7-8-14(2)13-10-6-4-3-5-9(10)11/h9-10,12-13H,3-8,11H2,1-2H3/t9-,10-/m1/s1. The zero-order chi connectivity index (χ0) is 10.4. The lowest BCUT2D eigenvalue weighted by atomic mass is 9.91. The van der Waals surface area contributed by atoms with Crippen LogP contribution in [0.2, 0.25) is 0 Å². The number of rotatable bonds is 5. The maximum Gasteiger partial charge on any atom is 0.0366 e. The van der Waals surface area contributed by atoms with Crippen molar-refractivity contribution in [3.8, 4) is 0 Å². The largest absolute Gasteiger partial charge is 0.326 e. The number of hydrazine groups is 1. The van der Waals surface area contributed by atoms with Crippen LogP contribution in [-0.4, -0.2) is 44.3 Å². The minimum Gasteiger partial charge on any atom is -0.326 e. The van der Waals surface area contributed by atoms with E-state index >= 15 is 0 Å². The van der Waals surface area contributed by atoms with Crippen molar-refractivity contribution >= 4 is 0 Å². The summed E-state index contributed by atoms with van der Waals surface area (Å²) in [6.45, 7) is 2.02. The quantitative estimate of drug-likeness (QED) is 0.543. The van der Waals surface area contributed by atoms with Crippen molar-refractivity contribution in [2.75, 3.05) is 27.2 Å². The first kappa shape index (κ1) is 11.9. The molecule has 0 heterocycles. The van der Waals surface area contributed by atoms with Gasteiger partial charge in [-0.1, -0.05) is 12.8 Å². The Hall–Kier alpha value is -0.160. The van der Waals surface area contributed by atoms with Gasteiger partial charge in [-0.2, -0.15) is 0 Å². The van der Waals surface area contributed by atoms with Crippen molar-refractivity contribution in [2.45, 2.75) is 37.8 Å². The van der Waals surface area contributed by atoms with Crippen LogP contribution < -0.4 is 16.5 Å². The van der Waals surface area contributed by atoms with Gasteiger partial charge in [0.25, 0.3) is 0 Å². The molecule has 1 rings (SSSR count). The molecule has 1 aliphatic rings. The van der Waals surface area contributed by atoms with E-state index in [0.717, 1.165) is 19.5 Å². The monoisotopic (exact) mass is 200 g/mol. The third kappa shape index (κ3) is 3.92. The molecule has 1 fully saturated rings. The maximum atomic E-state index is 6.05. The Morgan fingerprint density at radius 2 is 2.07 bits per heavy atom. The molecule has 4 N–H and O–H groups in total. The van der Waals surface area contributed by atoms with E-state index in [1.165, 1.54) is 19.3 Å². The van der Waals surface area contributed by atoms with Gasteiger partial charge in [-0.3, -0.25) is 5.43 Å². The molecule has 0 aromatic rings. The molecule has 1 aliphatic carbocycles. The van der Waals surface area contributed by atoms with Crippen molar-refractivity contribution < 1.29 is 0 Å². The van der Waals surface area contributed by atoms with Gasteiger partial charge < -0.3 is 11.1 Å². The topological polar surface area (TPSA) is 53.3 Å². The van der Waals surface area contributed by atoms with E-state index in [1.54, 1.807) is 0 Å². The Morgan fingerprint density at radius 1 is 1.36 bits per heavy atom. The van der Waals surface area contributed by atoms with Gasteiger partial charge in [-0.15, -0.1) is 0 Å². The molecule has 4 nitrogen and oxygen atoms in total. The lowest BCUT2D eigenvalue weighted by molar-refractivity contribution is 0.161. The Labute approximate surface area is 87.2 Å². The van der Waals surface area contributed by atoms with Crippen LogP contribution in [0.25, 0.3) is 0 Å². The number of nitrogens with zero attached hydrogens (tertiary/aromatic N) is 1. The average molecular weight is 200 g/mol. The summed E-state index contributed by atoms with van der Waals surface area (Å²) in [6.07, 6.45) is 4.98. The number of hydrogen-bond acceptors (Lipinski definition) is 4. The van der Waals surface area contributed by atoms with Gasteiger partial charge in [-0.25, -0.2) is 5.01 Å². The Kier molecular flexibility index (Phi) is 5.40. The summed E-state index contributed by atoms with van der Waals surface area (Å²) in [7, 11) is 4.05. The Morgan fingerprint density at radius 3 is 2.71 bits per heavy atom. The molecule has 0 unspecified atom stereocenters. The lowest BCUT2D eigenvalue weighted by Gasteiger charge is -2.33. The third-order valence-corrected chi connectivity index (χ3v) is 2.90. The molecular weight excluding hydrogens is 176 g/mol. The number of nitrogens with two attached hydrogens (primary N) is 1. The van der Waals surface area contributed by atoms with Gasteiger partial charge in [0.05, 0.1) is 0 Å². The average Bonchev–Trinajstić information content (AvgIpc) is 2.18. The normalized spacial score (nSPS) is 28.3. The first-order valence-corrected chi connectivity index (χ1v) is 5.61. The molecule has 84 valence electrons. The first-order chi connectivity index (χ1) is 6.74. The predicted molar refractivity (Wildman–Crippen MR) is 59.9 cm³/mol. The molecule has 0 aliphatic heterocycles. The van der Waals surface area contributed by atoms with E-state index in [0.29, 0.717) is 12.1 Å². The van der Waals surface area contributed by atoms with Gasteiger partial charge >= 0.3 is 0 Å². The zero-order valence-electron chi connectivity index (χ0n) is 9.42. The molecular formula is C10H24N4. The van der Waals surface area contributed by atoms with Crippen LogP contribution in [-0.2, 0) is 0 Å². The second-order valence-electron chi connectivity index (χ2n) is 4.21. The molecule has 4 heteroatoms. The van der Waals surface area contributed by atoms with E-state index in [-0.39, 0.29) is 0 Å². The molecule has 0 radical (unpaired) electrons. The summed E-state index contributed by atoms with van der Waals surface area (Å²) < 4.78 is 0. The SMILES string of the molecule is CNCCN(C)N[C@@H]1CCCC[C@H]1N. The fourth-order valence-corrected chi connectivity index (χ4v) is 1.95. The van der Waals surface area contributed by atoms with Crippen molar-refractivity contribution in [1.29, 1.82) is 0 Å².